The lowest BCUT2D eigenvalue weighted by Crippen LogP contribution is -2.11. The van der Waals surface area contributed by atoms with Crippen LogP contribution in [0.15, 0.2) is 18.2 Å². The van der Waals surface area contributed by atoms with Gasteiger partial charge in [-0.1, -0.05) is 32.4 Å². The van der Waals surface area contributed by atoms with Crippen LogP contribution in [-0.4, -0.2) is 5.11 Å². The second-order valence-corrected chi connectivity index (χ2v) is 4.32. The molecule has 1 nitrogen and oxygen atoms in total. The minimum Gasteiger partial charge on any atom is -0.508 e. The van der Waals surface area contributed by atoms with E-state index in [2.05, 4.69) is 20.8 Å². The molecule has 1 aromatic carbocycles. The first-order valence-electron chi connectivity index (χ1n) is 3.90. The maximum absolute atomic E-state index is 9.24. The highest BCUT2D eigenvalue weighted by molar-refractivity contribution is 6.31. The molecule has 0 fully saturated rings. The molecule has 1 rings (SSSR count). The molecule has 0 radical (unpaired) electrons. The molecule has 0 aliphatic heterocycles. The zero-order valence-corrected chi connectivity index (χ0v) is 8.31. The maximum atomic E-state index is 9.24. The van der Waals surface area contributed by atoms with Gasteiger partial charge in [0.1, 0.15) is 5.75 Å². The van der Waals surface area contributed by atoms with Gasteiger partial charge in [0.15, 0.2) is 0 Å². The first kappa shape index (κ1) is 9.40. The summed E-state index contributed by atoms with van der Waals surface area (Å²) >= 11 is 5.97. The monoisotopic (exact) mass is 184 g/mol. The van der Waals surface area contributed by atoms with Crippen LogP contribution in [0.5, 0.6) is 5.75 Å². The molecule has 0 amide bonds. The van der Waals surface area contributed by atoms with Crippen LogP contribution in [0.4, 0.5) is 0 Å². The molecule has 0 aliphatic carbocycles. The van der Waals surface area contributed by atoms with E-state index in [1.165, 1.54) is 0 Å². The minimum atomic E-state index is -0.0180. The fraction of sp³-hybridized carbons (Fsp3) is 0.400. The number of rotatable bonds is 0. The van der Waals surface area contributed by atoms with Crippen LogP contribution in [0.1, 0.15) is 26.3 Å². The van der Waals surface area contributed by atoms with Crippen LogP contribution in [-0.2, 0) is 5.41 Å². The Bertz CT molecular complexity index is 286. The fourth-order valence-corrected chi connectivity index (χ4v) is 1.49. The zero-order chi connectivity index (χ0) is 9.35. The SMILES string of the molecule is CC(C)(C)c1cc(O)ccc1Cl. The van der Waals surface area contributed by atoms with Crippen LogP contribution in [0.2, 0.25) is 5.02 Å². The summed E-state index contributed by atoms with van der Waals surface area (Å²) in [5.41, 5.74) is 0.958. The van der Waals surface area contributed by atoms with E-state index >= 15 is 0 Å². The number of hydrogen-bond acceptors (Lipinski definition) is 1. The normalized spacial score (nSPS) is 11.7. The average molecular weight is 185 g/mol. The lowest BCUT2D eigenvalue weighted by Gasteiger charge is -2.20. The standard InChI is InChI=1S/C10H13ClO/c1-10(2,3)8-6-7(12)4-5-9(8)11/h4-6,12H,1-3H3. The first-order chi connectivity index (χ1) is 5.41. The molecule has 12 heavy (non-hydrogen) atoms. The smallest absolute Gasteiger partial charge is 0.115 e. The van der Waals surface area contributed by atoms with Gasteiger partial charge in [-0.05, 0) is 29.2 Å². The van der Waals surface area contributed by atoms with Crippen molar-refractivity contribution in [3.63, 3.8) is 0 Å². The quantitative estimate of drug-likeness (QED) is 0.656. The van der Waals surface area contributed by atoms with E-state index in [1.807, 2.05) is 0 Å². The first-order valence-corrected chi connectivity index (χ1v) is 4.28. The van der Waals surface area contributed by atoms with E-state index in [0.717, 1.165) is 5.56 Å². The summed E-state index contributed by atoms with van der Waals surface area (Å²) in [6.07, 6.45) is 0. The second kappa shape index (κ2) is 2.98. The number of hydrogen-bond donors (Lipinski definition) is 1. The third-order valence-electron chi connectivity index (χ3n) is 1.76. The Morgan fingerprint density at radius 3 is 2.25 bits per heavy atom. The predicted octanol–water partition coefficient (Wildman–Crippen LogP) is 3.34. The van der Waals surface area contributed by atoms with Crippen molar-refractivity contribution in [2.24, 2.45) is 0 Å². The number of phenolic OH excluding ortho intramolecular Hbond substituents is 1. The minimum absolute atomic E-state index is 0.0180. The largest absolute Gasteiger partial charge is 0.508 e. The van der Waals surface area contributed by atoms with Gasteiger partial charge in [-0.3, -0.25) is 0 Å². The van der Waals surface area contributed by atoms with Gasteiger partial charge in [-0.2, -0.15) is 0 Å². The van der Waals surface area contributed by atoms with Crippen LogP contribution in [0, 0.1) is 0 Å². The fourth-order valence-electron chi connectivity index (χ4n) is 1.09. The molecule has 0 atom stereocenters. The summed E-state index contributed by atoms with van der Waals surface area (Å²) in [5.74, 6) is 0.268. The second-order valence-electron chi connectivity index (χ2n) is 3.91. The lowest BCUT2D eigenvalue weighted by molar-refractivity contribution is 0.471. The Hall–Kier alpha value is -0.690. The summed E-state index contributed by atoms with van der Waals surface area (Å²) in [5, 5.41) is 9.95. The average Bonchev–Trinajstić information content (AvgIpc) is 1.92. The molecule has 0 heterocycles. The highest BCUT2D eigenvalue weighted by atomic mass is 35.5. The van der Waals surface area contributed by atoms with Crippen molar-refractivity contribution >= 4 is 11.6 Å². The van der Waals surface area contributed by atoms with Crippen molar-refractivity contribution in [1.29, 1.82) is 0 Å². The van der Waals surface area contributed by atoms with Gasteiger partial charge in [-0.15, -0.1) is 0 Å². The molecule has 2 heteroatoms. The van der Waals surface area contributed by atoms with Gasteiger partial charge in [0.2, 0.25) is 0 Å². The Morgan fingerprint density at radius 1 is 1.25 bits per heavy atom. The molecule has 1 aromatic rings. The van der Waals surface area contributed by atoms with Gasteiger partial charge >= 0.3 is 0 Å². The van der Waals surface area contributed by atoms with E-state index < -0.39 is 0 Å². The number of halogens is 1. The van der Waals surface area contributed by atoms with Crippen molar-refractivity contribution in [2.45, 2.75) is 26.2 Å². The predicted molar refractivity (Wildman–Crippen MR) is 51.8 cm³/mol. The molecule has 0 bridgehead atoms. The van der Waals surface area contributed by atoms with Crippen LogP contribution < -0.4 is 0 Å². The summed E-state index contributed by atoms with van der Waals surface area (Å²) in [4.78, 5) is 0. The third kappa shape index (κ3) is 1.92. The Balaban J connectivity index is 3.23. The van der Waals surface area contributed by atoms with Gasteiger partial charge in [0.25, 0.3) is 0 Å². The maximum Gasteiger partial charge on any atom is 0.115 e. The molecule has 1 N–H and O–H groups in total. The molecule has 66 valence electrons. The molecule has 0 saturated heterocycles. The van der Waals surface area contributed by atoms with E-state index in [4.69, 9.17) is 11.6 Å². The van der Waals surface area contributed by atoms with Gasteiger partial charge in [0.05, 0.1) is 0 Å². The Kier molecular flexibility index (Phi) is 2.34. The lowest BCUT2D eigenvalue weighted by atomic mass is 9.87. The van der Waals surface area contributed by atoms with Crippen LogP contribution in [0.25, 0.3) is 0 Å². The van der Waals surface area contributed by atoms with Crippen LogP contribution in [0.3, 0.4) is 0 Å². The Labute approximate surface area is 78.0 Å². The topological polar surface area (TPSA) is 20.2 Å². The highest BCUT2D eigenvalue weighted by Crippen LogP contribution is 2.31. The van der Waals surface area contributed by atoms with Gasteiger partial charge < -0.3 is 5.11 Å². The summed E-state index contributed by atoms with van der Waals surface area (Å²) in [6, 6.07) is 5.03. The summed E-state index contributed by atoms with van der Waals surface area (Å²) in [7, 11) is 0. The molecule has 0 aromatic heterocycles. The zero-order valence-electron chi connectivity index (χ0n) is 7.56. The molecule has 0 unspecified atom stereocenters. The molecular formula is C10H13ClO. The highest BCUT2D eigenvalue weighted by Gasteiger charge is 2.17. The number of benzene rings is 1. The van der Waals surface area contributed by atoms with Gasteiger partial charge in [-0.25, -0.2) is 0 Å². The Morgan fingerprint density at radius 2 is 1.83 bits per heavy atom. The summed E-state index contributed by atoms with van der Waals surface area (Å²) < 4.78 is 0. The van der Waals surface area contributed by atoms with E-state index in [-0.39, 0.29) is 11.2 Å². The third-order valence-corrected chi connectivity index (χ3v) is 2.09. The van der Waals surface area contributed by atoms with Gasteiger partial charge in [0, 0.05) is 5.02 Å². The molecular weight excluding hydrogens is 172 g/mol. The number of phenols is 1. The van der Waals surface area contributed by atoms with Crippen molar-refractivity contribution in [2.75, 3.05) is 0 Å². The van der Waals surface area contributed by atoms with Crippen molar-refractivity contribution < 1.29 is 5.11 Å². The van der Waals surface area contributed by atoms with Crippen LogP contribution >= 0.6 is 11.6 Å². The van der Waals surface area contributed by atoms with Crippen molar-refractivity contribution in [1.82, 2.24) is 0 Å². The van der Waals surface area contributed by atoms with E-state index in [0.29, 0.717) is 5.02 Å². The number of aromatic hydroxyl groups is 1. The summed E-state index contributed by atoms with van der Waals surface area (Å²) in [6.45, 7) is 6.19. The molecule has 0 saturated carbocycles. The van der Waals surface area contributed by atoms with E-state index in [9.17, 15) is 5.11 Å². The van der Waals surface area contributed by atoms with Crippen molar-refractivity contribution in [3.05, 3.63) is 28.8 Å². The molecule has 0 aliphatic rings. The molecule has 0 spiro atoms. The van der Waals surface area contributed by atoms with Crippen molar-refractivity contribution in [3.8, 4) is 5.75 Å². The van der Waals surface area contributed by atoms with E-state index in [1.54, 1.807) is 18.2 Å².